The van der Waals surface area contributed by atoms with Crippen molar-refractivity contribution in [3.05, 3.63) is 35.4 Å². The Morgan fingerprint density at radius 3 is 2.94 bits per heavy atom. The molecule has 2 nitrogen and oxygen atoms in total. The van der Waals surface area contributed by atoms with Crippen LogP contribution in [0, 0.1) is 5.92 Å². The van der Waals surface area contributed by atoms with Crippen LogP contribution in [0.4, 0.5) is 0 Å². The van der Waals surface area contributed by atoms with Crippen molar-refractivity contribution in [2.24, 2.45) is 5.92 Å². The van der Waals surface area contributed by atoms with Crippen molar-refractivity contribution in [2.75, 3.05) is 6.54 Å². The summed E-state index contributed by atoms with van der Waals surface area (Å²) >= 11 is 0. The van der Waals surface area contributed by atoms with Gasteiger partial charge in [0.25, 0.3) is 0 Å². The number of rotatable bonds is 3. The van der Waals surface area contributed by atoms with Crippen LogP contribution >= 0.6 is 0 Å². The van der Waals surface area contributed by atoms with Gasteiger partial charge in [-0.15, -0.1) is 0 Å². The highest BCUT2D eigenvalue weighted by Gasteiger charge is 2.25. The summed E-state index contributed by atoms with van der Waals surface area (Å²) in [6.45, 7) is 4.78. The molecule has 0 spiro atoms. The Bertz CT molecular complexity index is 348. The summed E-state index contributed by atoms with van der Waals surface area (Å²) in [6, 6.07) is 9.05. The molecule has 0 aliphatic heterocycles. The van der Waals surface area contributed by atoms with Crippen molar-refractivity contribution < 1.29 is 5.11 Å². The Morgan fingerprint density at radius 1 is 1.44 bits per heavy atom. The Kier molecular flexibility index (Phi) is 3.62. The molecule has 0 bridgehead atoms. The first-order chi connectivity index (χ1) is 7.68. The van der Waals surface area contributed by atoms with Crippen LogP contribution in [0.3, 0.4) is 0 Å². The smallest absolute Gasteiger partial charge is 0.0636 e. The molecular weight excluding hydrogens is 198 g/mol. The van der Waals surface area contributed by atoms with Crippen LogP contribution in [0.2, 0.25) is 0 Å². The summed E-state index contributed by atoms with van der Waals surface area (Å²) in [4.78, 5) is 0. The van der Waals surface area contributed by atoms with Gasteiger partial charge in [-0.1, -0.05) is 31.2 Å². The summed E-state index contributed by atoms with van der Waals surface area (Å²) in [5.74, 6) is 0.647. The second kappa shape index (κ2) is 4.98. The minimum Gasteiger partial charge on any atom is -0.392 e. The van der Waals surface area contributed by atoms with Crippen LogP contribution in [-0.2, 0) is 6.42 Å². The molecule has 1 aliphatic carbocycles. The van der Waals surface area contributed by atoms with Crippen LogP contribution in [0.1, 0.15) is 37.4 Å². The molecular formula is C14H21NO. The van der Waals surface area contributed by atoms with E-state index in [-0.39, 0.29) is 6.10 Å². The van der Waals surface area contributed by atoms with E-state index in [4.69, 9.17) is 0 Å². The van der Waals surface area contributed by atoms with E-state index in [2.05, 4.69) is 36.5 Å². The monoisotopic (exact) mass is 219 g/mol. The maximum atomic E-state index is 9.35. The first-order valence-electron chi connectivity index (χ1n) is 6.17. The molecule has 0 saturated heterocycles. The van der Waals surface area contributed by atoms with Crippen molar-refractivity contribution in [1.29, 1.82) is 0 Å². The number of nitrogens with one attached hydrogen (secondary N) is 1. The molecule has 1 aromatic carbocycles. The molecule has 0 amide bonds. The molecule has 16 heavy (non-hydrogen) atoms. The largest absolute Gasteiger partial charge is 0.392 e. The minimum absolute atomic E-state index is 0.277. The van der Waals surface area contributed by atoms with E-state index >= 15 is 0 Å². The highest BCUT2D eigenvalue weighted by atomic mass is 16.3. The Labute approximate surface area is 97.7 Å². The fraction of sp³-hybridized carbons (Fsp3) is 0.571. The lowest BCUT2D eigenvalue weighted by molar-refractivity contribution is 0.178. The van der Waals surface area contributed by atoms with E-state index in [9.17, 15) is 5.11 Å². The maximum Gasteiger partial charge on any atom is 0.0636 e. The fourth-order valence-electron chi connectivity index (χ4n) is 2.53. The lowest BCUT2D eigenvalue weighted by Crippen LogP contribution is -2.35. The molecule has 2 rings (SSSR count). The van der Waals surface area contributed by atoms with Gasteiger partial charge in [0.1, 0.15) is 0 Å². The molecule has 1 aromatic rings. The molecule has 88 valence electrons. The molecule has 0 saturated carbocycles. The van der Waals surface area contributed by atoms with E-state index in [1.54, 1.807) is 0 Å². The number of hydrogen-bond donors (Lipinski definition) is 2. The van der Waals surface area contributed by atoms with Gasteiger partial charge in [0.2, 0.25) is 0 Å². The van der Waals surface area contributed by atoms with Gasteiger partial charge in [-0.2, -0.15) is 0 Å². The van der Waals surface area contributed by atoms with Crippen molar-refractivity contribution in [3.8, 4) is 0 Å². The molecule has 0 fully saturated rings. The topological polar surface area (TPSA) is 32.3 Å². The third-order valence-electron chi connectivity index (χ3n) is 3.46. The van der Waals surface area contributed by atoms with Crippen molar-refractivity contribution in [3.63, 3.8) is 0 Å². The van der Waals surface area contributed by atoms with Crippen LogP contribution in [-0.4, -0.2) is 17.8 Å². The Balaban J connectivity index is 2.16. The van der Waals surface area contributed by atoms with E-state index in [0.29, 0.717) is 18.5 Å². The predicted molar refractivity (Wildman–Crippen MR) is 66.4 cm³/mol. The van der Waals surface area contributed by atoms with Crippen molar-refractivity contribution >= 4 is 0 Å². The first kappa shape index (κ1) is 11.6. The van der Waals surface area contributed by atoms with Gasteiger partial charge < -0.3 is 10.4 Å². The lowest BCUT2D eigenvalue weighted by atomic mass is 9.80. The van der Waals surface area contributed by atoms with Gasteiger partial charge in [-0.25, -0.2) is 0 Å². The Morgan fingerprint density at radius 2 is 2.19 bits per heavy atom. The highest BCUT2D eigenvalue weighted by molar-refractivity contribution is 5.32. The number of fused-ring (bicyclic) bond motifs is 1. The molecule has 0 heterocycles. The SMILES string of the molecule is CC1CCc2ccccc2C1NC[C@@H](C)O. The molecule has 2 N–H and O–H groups in total. The number of aliphatic hydroxyl groups is 1. The van der Waals surface area contributed by atoms with Crippen molar-refractivity contribution in [1.82, 2.24) is 5.32 Å². The summed E-state index contributed by atoms with van der Waals surface area (Å²) in [5.41, 5.74) is 2.88. The number of aliphatic hydroxyl groups excluding tert-OH is 1. The maximum absolute atomic E-state index is 9.35. The summed E-state index contributed by atoms with van der Waals surface area (Å²) in [7, 11) is 0. The van der Waals surface area contributed by atoms with Gasteiger partial charge in [0, 0.05) is 12.6 Å². The summed E-state index contributed by atoms with van der Waals surface area (Å²) in [5, 5.41) is 12.8. The van der Waals surface area contributed by atoms with E-state index in [0.717, 1.165) is 0 Å². The van der Waals surface area contributed by atoms with E-state index in [1.807, 2.05) is 6.92 Å². The van der Waals surface area contributed by atoms with Gasteiger partial charge in [0.05, 0.1) is 6.10 Å². The quantitative estimate of drug-likeness (QED) is 0.817. The zero-order valence-electron chi connectivity index (χ0n) is 10.1. The summed E-state index contributed by atoms with van der Waals surface area (Å²) in [6.07, 6.45) is 2.14. The van der Waals surface area contributed by atoms with Gasteiger partial charge in [-0.3, -0.25) is 0 Å². The molecule has 0 aromatic heterocycles. The second-order valence-corrected chi connectivity index (χ2v) is 4.95. The third kappa shape index (κ3) is 2.45. The Hall–Kier alpha value is -0.860. The number of aryl methyl sites for hydroxylation is 1. The highest BCUT2D eigenvalue weighted by Crippen LogP contribution is 2.33. The fourth-order valence-corrected chi connectivity index (χ4v) is 2.53. The average molecular weight is 219 g/mol. The molecule has 1 aliphatic rings. The summed E-state index contributed by atoms with van der Waals surface area (Å²) < 4.78 is 0. The van der Waals surface area contributed by atoms with Crippen LogP contribution in [0.25, 0.3) is 0 Å². The first-order valence-corrected chi connectivity index (χ1v) is 6.17. The predicted octanol–water partition coefficient (Wildman–Crippen LogP) is 2.28. The molecule has 2 unspecified atom stereocenters. The van der Waals surface area contributed by atoms with Crippen molar-refractivity contribution in [2.45, 2.75) is 38.8 Å². The van der Waals surface area contributed by atoms with Crippen LogP contribution in [0.15, 0.2) is 24.3 Å². The zero-order chi connectivity index (χ0) is 11.5. The molecule has 0 radical (unpaired) electrons. The molecule has 3 atom stereocenters. The third-order valence-corrected chi connectivity index (χ3v) is 3.46. The standard InChI is InChI=1S/C14H21NO/c1-10-7-8-12-5-3-4-6-13(12)14(10)15-9-11(2)16/h3-6,10-11,14-16H,7-9H2,1-2H3/t10?,11-,14?/m1/s1. The van der Waals surface area contributed by atoms with Crippen LogP contribution in [0.5, 0.6) is 0 Å². The lowest BCUT2D eigenvalue weighted by Gasteiger charge is -2.32. The van der Waals surface area contributed by atoms with E-state index in [1.165, 1.54) is 24.0 Å². The number of benzene rings is 1. The number of hydrogen-bond acceptors (Lipinski definition) is 2. The zero-order valence-corrected chi connectivity index (χ0v) is 10.1. The van der Waals surface area contributed by atoms with Gasteiger partial charge in [-0.05, 0) is 36.8 Å². The minimum atomic E-state index is -0.277. The van der Waals surface area contributed by atoms with Gasteiger partial charge in [0.15, 0.2) is 0 Å². The van der Waals surface area contributed by atoms with Crippen LogP contribution < -0.4 is 5.32 Å². The second-order valence-electron chi connectivity index (χ2n) is 4.95. The average Bonchev–Trinajstić information content (AvgIpc) is 2.27. The van der Waals surface area contributed by atoms with Gasteiger partial charge >= 0.3 is 0 Å². The normalized spacial score (nSPS) is 26.2. The van der Waals surface area contributed by atoms with E-state index < -0.39 is 0 Å². The molecule has 2 heteroatoms.